The van der Waals surface area contributed by atoms with Crippen LogP contribution in [0.4, 0.5) is 39.5 Å². The minimum Gasteiger partial charge on any atom is -0.458 e. The van der Waals surface area contributed by atoms with Gasteiger partial charge in [0.15, 0.2) is 0 Å². The second-order valence-corrected chi connectivity index (χ2v) is 4.48. The van der Waals surface area contributed by atoms with Crippen LogP contribution in [0.2, 0.25) is 0 Å². The SMILES string of the molecule is O=C(OCc1cccc(C(F)(F)F)c1)C(O)(C(F)(F)F)C(F)(F)F. The Kier molecular flexibility index (Phi) is 5.14. The summed E-state index contributed by atoms with van der Waals surface area (Å²) in [6.45, 7) is -1.34. The normalized spacial score (nSPS) is 13.8. The van der Waals surface area contributed by atoms with Crippen molar-refractivity contribution >= 4 is 5.97 Å². The van der Waals surface area contributed by atoms with Gasteiger partial charge >= 0.3 is 30.1 Å². The lowest BCUT2D eigenvalue weighted by molar-refractivity contribution is -0.357. The molecule has 0 radical (unpaired) electrons. The molecule has 0 heterocycles. The lowest BCUT2D eigenvalue weighted by atomic mass is 10.0. The van der Waals surface area contributed by atoms with E-state index in [0.29, 0.717) is 12.1 Å². The van der Waals surface area contributed by atoms with E-state index in [1.54, 1.807) is 0 Å². The molecule has 12 heteroatoms. The van der Waals surface area contributed by atoms with Crippen molar-refractivity contribution in [3.05, 3.63) is 35.4 Å². The van der Waals surface area contributed by atoms with Crippen molar-refractivity contribution in [1.29, 1.82) is 0 Å². The van der Waals surface area contributed by atoms with Crippen molar-refractivity contribution < 1.29 is 54.2 Å². The molecular formula is C12H7F9O3. The Morgan fingerprint density at radius 1 is 0.958 bits per heavy atom. The van der Waals surface area contributed by atoms with Gasteiger partial charge in [0.05, 0.1) is 5.56 Å². The largest absolute Gasteiger partial charge is 0.458 e. The molecule has 3 nitrogen and oxygen atoms in total. The number of halogens is 9. The average Bonchev–Trinajstić information content (AvgIpc) is 2.40. The number of carbonyl (C=O) groups is 1. The molecule has 0 saturated carbocycles. The third-order valence-electron chi connectivity index (χ3n) is 2.74. The van der Waals surface area contributed by atoms with Gasteiger partial charge in [0, 0.05) is 0 Å². The minimum absolute atomic E-state index is 0.369. The number of rotatable bonds is 3. The van der Waals surface area contributed by atoms with Crippen molar-refractivity contribution in [2.75, 3.05) is 0 Å². The molecule has 136 valence electrons. The van der Waals surface area contributed by atoms with E-state index in [4.69, 9.17) is 5.11 Å². The maximum absolute atomic E-state index is 12.4. The molecule has 1 rings (SSSR count). The van der Waals surface area contributed by atoms with E-state index in [9.17, 15) is 44.3 Å². The monoisotopic (exact) mass is 370 g/mol. The van der Waals surface area contributed by atoms with Gasteiger partial charge in [-0.05, 0) is 17.7 Å². The van der Waals surface area contributed by atoms with Crippen LogP contribution in [0, 0.1) is 0 Å². The maximum Gasteiger partial charge on any atom is 0.437 e. The van der Waals surface area contributed by atoms with Crippen LogP contribution in [0.5, 0.6) is 0 Å². The van der Waals surface area contributed by atoms with Gasteiger partial charge in [0.25, 0.3) is 0 Å². The molecule has 0 unspecified atom stereocenters. The fourth-order valence-corrected chi connectivity index (χ4v) is 1.48. The van der Waals surface area contributed by atoms with Gasteiger partial charge < -0.3 is 9.84 Å². The highest BCUT2D eigenvalue weighted by Crippen LogP contribution is 2.44. The van der Waals surface area contributed by atoms with Gasteiger partial charge in [-0.1, -0.05) is 12.1 Å². The highest BCUT2D eigenvalue weighted by atomic mass is 19.4. The summed E-state index contributed by atoms with van der Waals surface area (Å²) in [5.74, 6) is -3.10. The standard InChI is InChI=1S/C12H7F9O3/c13-10(14,15)7-3-1-2-6(4-7)5-24-8(22)9(23,11(16,17)18)12(19,20)21/h1-4,23H,5H2. The zero-order valence-electron chi connectivity index (χ0n) is 11.2. The molecule has 0 saturated heterocycles. The summed E-state index contributed by atoms with van der Waals surface area (Å²) in [5, 5.41) is 8.71. The van der Waals surface area contributed by atoms with E-state index in [1.807, 2.05) is 0 Å². The minimum atomic E-state index is -6.43. The van der Waals surface area contributed by atoms with Crippen molar-refractivity contribution in [2.45, 2.75) is 30.7 Å². The average molecular weight is 370 g/mol. The molecule has 24 heavy (non-hydrogen) atoms. The molecule has 0 aliphatic rings. The summed E-state index contributed by atoms with van der Waals surface area (Å²) in [5.41, 5.74) is -7.57. The lowest BCUT2D eigenvalue weighted by Crippen LogP contribution is -2.62. The number of esters is 1. The van der Waals surface area contributed by atoms with Gasteiger partial charge in [-0.3, -0.25) is 0 Å². The number of aliphatic hydroxyl groups is 1. The lowest BCUT2D eigenvalue weighted by Gasteiger charge is -2.29. The highest BCUT2D eigenvalue weighted by molar-refractivity contribution is 5.81. The van der Waals surface area contributed by atoms with Gasteiger partial charge in [-0.25, -0.2) is 4.79 Å². The molecule has 0 atom stereocenters. The van der Waals surface area contributed by atoms with Gasteiger partial charge in [0.2, 0.25) is 0 Å². The van der Waals surface area contributed by atoms with Gasteiger partial charge in [-0.15, -0.1) is 0 Å². The summed E-state index contributed by atoms with van der Waals surface area (Å²) in [4.78, 5) is 11.1. The Bertz CT molecular complexity index is 587. The van der Waals surface area contributed by atoms with Crippen LogP contribution in [-0.4, -0.2) is 29.0 Å². The van der Waals surface area contributed by atoms with E-state index in [0.717, 1.165) is 12.1 Å². The molecule has 0 aliphatic heterocycles. The van der Waals surface area contributed by atoms with E-state index in [1.165, 1.54) is 0 Å². The molecule has 0 aromatic heterocycles. The number of ether oxygens (including phenoxy) is 1. The predicted molar refractivity (Wildman–Crippen MR) is 58.3 cm³/mol. The summed E-state index contributed by atoms with van der Waals surface area (Å²) in [6.07, 6.45) is -17.7. The van der Waals surface area contributed by atoms with E-state index in [-0.39, 0.29) is 0 Å². The zero-order valence-corrected chi connectivity index (χ0v) is 11.2. The van der Waals surface area contributed by atoms with Crippen LogP contribution in [0.15, 0.2) is 24.3 Å². The molecular weight excluding hydrogens is 363 g/mol. The number of hydrogen-bond donors (Lipinski definition) is 1. The number of carbonyl (C=O) groups excluding carboxylic acids is 1. The fraction of sp³-hybridized carbons (Fsp3) is 0.417. The van der Waals surface area contributed by atoms with E-state index < -0.39 is 47.8 Å². The summed E-state index contributed by atoms with van der Waals surface area (Å²) in [7, 11) is 0. The first-order valence-electron chi connectivity index (χ1n) is 5.80. The summed E-state index contributed by atoms with van der Waals surface area (Å²) in [6, 6.07) is 2.65. The quantitative estimate of drug-likeness (QED) is 0.653. The Morgan fingerprint density at radius 3 is 1.88 bits per heavy atom. The van der Waals surface area contributed by atoms with Crippen molar-refractivity contribution in [2.24, 2.45) is 0 Å². The molecule has 1 N–H and O–H groups in total. The second kappa shape index (κ2) is 6.15. The molecule has 0 fully saturated rings. The van der Waals surface area contributed by atoms with Crippen LogP contribution < -0.4 is 0 Å². The topological polar surface area (TPSA) is 46.5 Å². The molecule has 0 spiro atoms. The first kappa shape index (κ1) is 20.1. The highest BCUT2D eigenvalue weighted by Gasteiger charge is 2.76. The molecule has 1 aromatic carbocycles. The second-order valence-electron chi connectivity index (χ2n) is 4.48. The Labute approximate surface area is 127 Å². The fourth-order valence-electron chi connectivity index (χ4n) is 1.48. The molecule has 0 bridgehead atoms. The smallest absolute Gasteiger partial charge is 0.437 e. The van der Waals surface area contributed by atoms with Crippen molar-refractivity contribution in [3.63, 3.8) is 0 Å². The maximum atomic E-state index is 12.4. The van der Waals surface area contributed by atoms with Gasteiger partial charge in [0.1, 0.15) is 6.61 Å². The van der Waals surface area contributed by atoms with Crippen LogP contribution in [0.25, 0.3) is 0 Å². The third kappa shape index (κ3) is 3.91. The third-order valence-corrected chi connectivity index (χ3v) is 2.74. The number of hydrogen-bond acceptors (Lipinski definition) is 3. The predicted octanol–water partition coefficient (Wildman–Crippen LogP) is 3.60. The number of alkyl halides is 9. The zero-order chi connectivity index (χ0) is 19.0. The number of benzene rings is 1. The Hall–Kier alpha value is -1.98. The van der Waals surface area contributed by atoms with Gasteiger partial charge in [-0.2, -0.15) is 39.5 Å². The van der Waals surface area contributed by atoms with Crippen molar-refractivity contribution in [1.82, 2.24) is 0 Å². The van der Waals surface area contributed by atoms with Crippen LogP contribution in [0.1, 0.15) is 11.1 Å². The van der Waals surface area contributed by atoms with Crippen molar-refractivity contribution in [3.8, 4) is 0 Å². The summed E-state index contributed by atoms with van der Waals surface area (Å²) < 4.78 is 115. The van der Waals surface area contributed by atoms with Crippen LogP contribution in [-0.2, 0) is 22.3 Å². The molecule has 1 aromatic rings. The van der Waals surface area contributed by atoms with E-state index >= 15 is 0 Å². The first-order chi connectivity index (χ1) is 10.6. The van der Waals surface area contributed by atoms with Crippen LogP contribution >= 0.6 is 0 Å². The van der Waals surface area contributed by atoms with E-state index in [2.05, 4.69) is 4.74 Å². The first-order valence-corrected chi connectivity index (χ1v) is 5.80. The summed E-state index contributed by atoms with van der Waals surface area (Å²) >= 11 is 0. The molecule has 0 aliphatic carbocycles. The van der Waals surface area contributed by atoms with Crippen LogP contribution in [0.3, 0.4) is 0 Å². The Balaban J connectivity index is 3.00. The Morgan fingerprint density at radius 2 is 1.46 bits per heavy atom. The molecule has 0 amide bonds.